The fourth-order valence-electron chi connectivity index (χ4n) is 4.75. The molecule has 0 saturated heterocycles. The molecule has 0 atom stereocenters. The number of anilines is 1. The van der Waals surface area contributed by atoms with Gasteiger partial charge in [-0.1, -0.05) is 78.9 Å². The molecule has 0 spiro atoms. The van der Waals surface area contributed by atoms with Gasteiger partial charge in [0.15, 0.2) is 0 Å². The summed E-state index contributed by atoms with van der Waals surface area (Å²) < 4.78 is 2.44. The van der Waals surface area contributed by atoms with Crippen molar-refractivity contribution in [3.8, 4) is 11.1 Å². The number of nitrogens with zero attached hydrogens (tertiary/aromatic N) is 1. The van der Waals surface area contributed by atoms with Crippen LogP contribution in [0, 0.1) is 0 Å². The number of para-hydroxylation sites is 2. The van der Waals surface area contributed by atoms with Gasteiger partial charge in [0.1, 0.15) is 0 Å². The molecule has 128 valence electrons. The average molecular weight is 346 g/mol. The van der Waals surface area contributed by atoms with Crippen LogP contribution in [0.1, 0.15) is 17.2 Å². The molecule has 1 aliphatic rings. The van der Waals surface area contributed by atoms with Crippen LogP contribution in [-0.2, 0) is 0 Å². The fourth-order valence-corrected chi connectivity index (χ4v) is 4.75. The molecule has 2 heteroatoms. The number of aromatic nitrogens is 1. The topological polar surface area (TPSA) is 30.9 Å². The zero-order valence-corrected chi connectivity index (χ0v) is 14.8. The molecule has 1 heterocycles. The number of nitrogens with two attached hydrogens (primary N) is 1. The predicted octanol–water partition coefficient (Wildman–Crippen LogP) is 5.99. The molecule has 0 amide bonds. The fraction of sp³-hybridized carbons (Fsp3) is 0.0400. The lowest BCUT2D eigenvalue weighted by molar-refractivity contribution is 0.747. The Labute approximate surface area is 157 Å². The lowest BCUT2D eigenvalue weighted by atomic mass is 10.0. The number of fused-ring (bicyclic) bond motifs is 6. The van der Waals surface area contributed by atoms with E-state index in [1.165, 1.54) is 38.5 Å². The van der Waals surface area contributed by atoms with Gasteiger partial charge in [0.05, 0.1) is 22.8 Å². The van der Waals surface area contributed by atoms with Gasteiger partial charge in [-0.2, -0.15) is 0 Å². The molecule has 0 bridgehead atoms. The molecular formula is C25H18N2. The smallest absolute Gasteiger partial charge is 0.0858 e. The normalized spacial score (nSPS) is 13.2. The van der Waals surface area contributed by atoms with Gasteiger partial charge in [-0.25, -0.2) is 0 Å². The Morgan fingerprint density at radius 1 is 0.593 bits per heavy atom. The van der Waals surface area contributed by atoms with Crippen molar-refractivity contribution in [2.45, 2.75) is 6.04 Å². The lowest BCUT2D eigenvalue weighted by Crippen LogP contribution is -2.10. The van der Waals surface area contributed by atoms with Crippen LogP contribution in [0.3, 0.4) is 0 Å². The first-order valence-electron chi connectivity index (χ1n) is 9.30. The van der Waals surface area contributed by atoms with Gasteiger partial charge in [0.2, 0.25) is 0 Å². The summed E-state index contributed by atoms with van der Waals surface area (Å²) in [6.07, 6.45) is 0. The highest BCUT2D eigenvalue weighted by Crippen LogP contribution is 2.48. The molecule has 0 saturated carbocycles. The van der Waals surface area contributed by atoms with Gasteiger partial charge >= 0.3 is 0 Å². The van der Waals surface area contributed by atoms with E-state index >= 15 is 0 Å². The molecule has 0 aliphatic heterocycles. The van der Waals surface area contributed by atoms with Gasteiger partial charge in [0, 0.05) is 10.8 Å². The van der Waals surface area contributed by atoms with E-state index in [2.05, 4.69) is 83.4 Å². The van der Waals surface area contributed by atoms with Crippen LogP contribution < -0.4 is 5.73 Å². The molecule has 0 fully saturated rings. The summed E-state index contributed by atoms with van der Waals surface area (Å²) >= 11 is 0. The van der Waals surface area contributed by atoms with Crippen molar-refractivity contribution in [3.05, 3.63) is 102 Å². The van der Waals surface area contributed by atoms with E-state index in [1.807, 2.05) is 12.1 Å². The van der Waals surface area contributed by atoms with Crippen LogP contribution in [0.4, 0.5) is 5.69 Å². The third-order valence-electron chi connectivity index (χ3n) is 5.82. The maximum Gasteiger partial charge on any atom is 0.0858 e. The summed E-state index contributed by atoms with van der Waals surface area (Å²) in [6.45, 7) is 0. The number of hydrogen-bond acceptors (Lipinski definition) is 1. The van der Waals surface area contributed by atoms with Gasteiger partial charge in [-0.05, 0) is 34.4 Å². The predicted molar refractivity (Wildman–Crippen MR) is 113 cm³/mol. The highest BCUT2D eigenvalue weighted by atomic mass is 15.0. The average Bonchev–Trinajstić information content (AvgIpc) is 3.22. The summed E-state index contributed by atoms with van der Waals surface area (Å²) in [5.74, 6) is 0. The number of nitrogen functional groups attached to an aromatic ring is 1. The van der Waals surface area contributed by atoms with Gasteiger partial charge in [0.25, 0.3) is 0 Å². The first-order chi connectivity index (χ1) is 13.3. The Hall–Kier alpha value is -3.52. The van der Waals surface area contributed by atoms with Crippen molar-refractivity contribution in [1.82, 2.24) is 4.57 Å². The first-order valence-corrected chi connectivity index (χ1v) is 9.30. The first kappa shape index (κ1) is 14.6. The van der Waals surface area contributed by atoms with Crippen molar-refractivity contribution in [1.29, 1.82) is 0 Å². The largest absolute Gasteiger partial charge is 0.397 e. The minimum absolute atomic E-state index is 0.129. The van der Waals surface area contributed by atoms with E-state index in [1.54, 1.807) is 0 Å². The van der Waals surface area contributed by atoms with Crippen LogP contribution in [0.5, 0.6) is 0 Å². The van der Waals surface area contributed by atoms with Gasteiger partial charge < -0.3 is 10.3 Å². The number of hydrogen-bond donors (Lipinski definition) is 1. The highest BCUT2D eigenvalue weighted by Gasteiger charge is 2.31. The molecule has 1 aromatic heterocycles. The molecular weight excluding hydrogens is 328 g/mol. The third-order valence-corrected chi connectivity index (χ3v) is 5.82. The molecule has 1 aliphatic carbocycles. The Bertz CT molecular complexity index is 1300. The van der Waals surface area contributed by atoms with E-state index in [4.69, 9.17) is 5.73 Å². The van der Waals surface area contributed by atoms with Crippen molar-refractivity contribution in [2.24, 2.45) is 0 Å². The molecule has 0 unspecified atom stereocenters. The van der Waals surface area contributed by atoms with Gasteiger partial charge in [-0.3, -0.25) is 0 Å². The van der Waals surface area contributed by atoms with E-state index < -0.39 is 0 Å². The Morgan fingerprint density at radius 3 is 1.93 bits per heavy atom. The zero-order valence-electron chi connectivity index (χ0n) is 14.8. The maximum absolute atomic E-state index is 6.51. The van der Waals surface area contributed by atoms with Crippen molar-refractivity contribution >= 4 is 27.5 Å². The summed E-state index contributed by atoms with van der Waals surface area (Å²) in [6, 6.07) is 32.4. The molecule has 2 nitrogen and oxygen atoms in total. The second-order valence-corrected chi connectivity index (χ2v) is 7.21. The number of benzene rings is 4. The minimum Gasteiger partial charge on any atom is -0.397 e. The van der Waals surface area contributed by atoms with E-state index in [0.29, 0.717) is 0 Å². The molecule has 5 aromatic rings. The summed E-state index contributed by atoms with van der Waals surface area (Å²) in [5.41, 5.74) is 15.0. The van der Waals surface area contributed by atoms with E-state index in [0.717, 1.165) is 11.2 Å². The standard InChI is InChI=1S/C25H18N2/c26-22-14-7-13-21-18-10-5-6-15-23(18)27(25(21)22)24-19-11-3-1-8-16(19)17-9-2-4-12-20(17)24/h1-15,24H,26H2. The molecule has 2 N–H and O–H groups in total. The van der Waals surface area contributed by atoms with Gasteiger partial charge in [-0.15, -0.1) is 0 Å². The quantitative estimate of drug-likeness (QED) is 0.364. The Balaban J connectivity index is 1.81. The number of rotatable bonds is 1. The third kappa shape index (κ3) is 1.85. The summed E-state index contributed by atoms with van der Waals surface area (Å²) in [7, 11) is 0. The Morgan fingerprint density at radius 2 is 1.19 bits per heavy atom. The molecule has 4 aromatic carbocycles. The van der Waals surface area contributed by atoms with Crippen LogP contribution in [0.2, 0.25) is 0 Å². The van der Waals surface area contributed by atoms with Crippen LogP contribution >= 0.6 is 0 Å². The monoisotopic (exact) mass is 346 g/mol. The van der Waals surface area contributed by atoms with Crippen LogP contribution in [0.25, 0.3) is 32.9 Å². The van der Waals surface area contributed by atoms with E-state index in [-0.39, 0.29) is 6.04 Å². The molecule has 27 heavy (non-hydrogen) atoms. The Kier molecular flexibility index (Phi) is 2.84. The molecule has 0 radical (unpaired) electrons. The van der Waals surface area contributed by atoms with Crippen molar-refractivity contribution in [3.63, 3.8) is 0 Å². The second kappa shape index (κ2) is 5.24. The van der Waals surface area contributed by atoms with Crippen LogP contribution in [-0.4, -0.2) is 4.57 Å². The van der Waals surface area contributed by atoms with Crippen molar-refractivity contribution in [2.75, 3.05) is 5.73 Å². The zero-order chi connectivity index (χ0) is 18.0. The summed E-state index contributed by atoms with van der Waals surface area (Å²) in [4.78, 5) is 0. The SMILES string of the molecule is Nc1cccc2c3ccccc3n(C3c4ccccc4-c4ccccc43)c12. The highest BCUT2D eigenvalue weighted by molar-refractivity contribution is 6.12. The van der Waals surface area contributed by atoms with Crippen LogP contribution in [0.15, 0.2) is 91.0 Å². The molecule has 6 rings (SSSR count). The van der Waals surface area contributed by atoms with Crippen molar-refractivity contribution < 1.29 is 0 Å². The minimum atomic E-state index is 0.129. The second-order valence-electron chi connectivity index (χ2n) is 7.21. The summed E-state index contributed by atoms with van der Waals surface area (Å²) in [5, 5.41) is 2.47. The van der Waals surface area contributed by atoms with E-state index in [9.17, 15) is 0 Å². The maximum atomic E-state index is 6.51. The lowest BCUT2D eigenvalue weighted by Gasteiger charge is -2.20.